The van der Waals surface area contributed by atoms with Crippen molar-refractivity contribution in [2.75, 3.05) is 7.05 Å². The second kappa shape index (κ2) is 6.24. The maximum atomic E-state index is 12.6. The summed E-state index contributed by atoms with van der Waals surface area (Å²) in [5.74, 6) is 0. The van der Waals surface area contributed by atoms with Crippen molar-refractivity contribution in [3.8, 4) is 0 Å². The molecule has 1 atom stereocenters. The third-order valence-corrected chi connectivity index (χ3v) is 5.79. The minimum Gasteiger partial charge on any atom is -0.310 e. The van der Waals surface area contributed by atoms with Crippen molar-refractivity contribution in [3.63, 3.8) is 0 Å². The second-order valence-electron chi connectivity index (χ2n) is 5.54. The normalized spacial score (nSPS) is 17.6. The maximum Gasteiger partial charge on any atom is 0.260 e. The van der Waals surface area contributed by atoms with Crippen molar-refractivity contribution < 1.29 is 8.42 Å². The van der Waals surface area contributed by atoms with Crippen LogP contribution < -0.4 is 5.32 Å². The van der Waals surface area contributed by atoms with E-state index in [0.29, 0.717) is 18.2 Å². The molecular formula is C13H24N4O2S. The molecule has 1 aliphatic carbocycles. The molecule has 6 nitrogen and oxygen atoms in total. The number of H-pyrrole nitrogens is 1. The Bertz CT molecular complexity index is 536. The van der Waals surface area contributed by atoms with Gasteiger partial charge in [-0.1, -0.05) is 13.3 Å². The van der Waals surface area contributed by atoms with Gasteiger partial charge in [0.2, 0.25) is 0 Å². The Hall–Kier alpha value is -0.920. The molecule has 1 fully saturated rings. The predicted octanol–water partition coefficient (Wildman–Crippen LogP) is 1.47. The monoisotopic (exact) mass is 300 g/mol. The molecule has 1 aromatic rings. The number of hydrogen-bond donors (Lipinski definition) is 2. The lowest BCUT2D eigenvalue weighted by Gasteiger charge is -2.23. The zero-order chi connectivity index (χ0) is 14.8. The number of nitrogens with one attached hydrogen (secondary N) is 2. The van der Waals surface area contributed by atoms with Crippen LogP contribution in [0.25, 0.3) is 0 Å². The first-order chi connectivity index (χ1) is 9.46. The van der Waals surface area contributed by atoms with Gasteiger partial charge in [0, 0.05) is 31.2 Å². The van der Waals surface area contributed by atoms with E-state index in [9.17, 15) is 8.42 Å². The van der Waals surface area contributed by atoms with Crippen molar-refractivity contribution in [2.24, 2.45) is 0 Å². The molecule has 1 aromatic heterocycles. The Morgan fingerprint density at radius 1 is 1.55 bits per heavy atom. The molecule has 0 radical (unpaired) electrons. The van der Waals surface area contributed by atoms with Crippen LogP contribution >= 0.6 is 0 Å². The molecule has 7 heteroatoms. The van der Waals surface area contributed by atoms with E-state index >= 15 is 0 Å². The number of hydrogen-bond acceptors (Lipinski definition) is 4. The van der Waals surface area contributed by atoms with Gasteiger partial charge < -0.3 is 5.32 Å². The van der Waals surface area contributed by atoms with Gasteiger partial charge in [0.1, 0.15) is 0 Å². The van der Waals surface area contributed by atoms with Crippen molar-refractivity contribution in [2.45, 2.75) is 63.2 Å². The van der Waals surface area contributed by atoms with Crippen LogP contribution in [0.1, 0.15) is 45.1 Å². The topological polar surface area (TPSA) is 78.1 Å². The van der Waals surface area contributed by atoms with Crippen molar-refractivity contribution in [3.05, 3.63) is 11.8 Å². The highest BCUT2D eigenvalue weighted by Gasteiger charge is 2.29. The van der Waals surface area contributed by atoms with Crippen LogP contribution in [0.4, 0.5) is 0 Å². The van der Waals surface area contributed by atoms with Crippen molar-refractivity contribution >= 4 is 10.0 Å². The van der Waals surface area contributed by atoms with E-state index in [1.165, 1.54) is 17.1 Å². The van der Waals surface area contributed by atoms with Crippen LogP contribution in [0.3, 0.4) is 0 Å². The summed E-state index contributed by atoms with van der Waals surface area (Å²) in [6, 6.07) is 0.523. The Morgan fingerprint density at radius 2 is 2.25 bits per heavy atom. The number of aromatic nitrogens is 2. The van der Waals surface area contributed by atoms with Crippen LogP contribution in [0.5, 0.6) is 0 Å². The van der Waals surface area contributed by atoms with Gasteiger partial charge in [0.05, 0.1) is 6.20 Å². The maximum absolute atomic E-state index is 12.6. The van der Waals surface area contributed by atoms with Crippen LogP contribution in [-0.4, -0.2) is 42.1 Å². The summed E-state index contributed by atoms with van der Waals surface area (Å²) in [6.07, 6.45) is 5.75. The fourth-order valence-electron chi connectivity index (χ4n) is 2.17. The third-order valence-electron chi connectivity index (χ3n) is 3.80. The Labute approximate surface area is 121 Å². The Kier molecular flexibility index (Phi) is 4.82. The van der Waals surface area contributed by atoms with Gasteiger partial charge in [-0.2, -0.15) is 9.40 Å². The highest BCUT2D eigenvalue weighted by molar-refractivity contribution is 7.89. The van der Waals surface area contributed by atoms with Crippen LogP contribution in [0.15, 0.2) is 11.2 Å². The minimum absolute atomic E-state index is 0.0162. The molecule has 0 aliphatic heterocycles. The van der Waals surface area contributed by atoms with Crippen molar-refractivity contribution in [1.82, 2.24) is 19.8 Å². The van der Waals surface area contributed by atoms with Gasteiger partial charge in [-0.25, -0.2) is 8.42 Å². The zero-order valence-corrected chi connectivity index (χ0v) is 13.2. The number of rotatable bonds is 8. The van der Waals surface area contributed by atoms with E-state index < -0.39 is 10.0 Å². The fourth-order valence-corrected chi connectivity index (χ4v) is 3.66. The molecule has 0 amide bonds. The smallest absolute Gasteiger partial charge is 0.260 e. The second-order valence-corrected chi connectivity index (χ2v) is 7.47. The molecule has 2 N–H and O–H groups in total. The molecule has 0 aromatic carbocycles. The summed E-state index contributed by atoms with van der Waals surface area (Å²) < 4.78 is 26.7. The van der Waals surface area contributed by atoms with Gasteiger partial charge in [0.25, 0.3) is 10.0 Å². The first kappa shape index (κ1) is 15.5. The van der Waals surface area contributed by atoms with E-state index in [2.05, 4.69) is 22.4 Å². The first-order valence-electron chi connectivity index (χ1n) is 7.20. The quantitative estimate of drug-likeness (QED) is 0.762. The van der Waals surface area contributed by atoms with E-state index in [4.69, 9.17) is 0 Å². The molecular weight excluding hydrogens is 276 g/mol. The summed E-state index contributed by atoms with van der Waals surface area (Å²) in [4.78, 5) is 0. The van der Waals surface area contributed by atoms with Gasteiger partial charge in [-0.15, -0.1) is 0 Å². The molecule has 1 heterocycles. The van der Waals surface area contributed by atoms with Gasteiger partial charge >= 0.3 is 0 Å². The van der Waals surface area contributed by atoms with E-state index in [1.54, 1.807) is 13.2 Å². The minimum atomic E-state index is -3.50. The molecule has 0 bridgehead atoms. The summed E-state index contributed by atoms with van der Waals surface area (Å²) in [7, 11) is -1.87. The Balaban J connectivity index is 2.13. The Morgan fingerprint density at radius 3 is 2.85 bits per heavy atom. The lowest BCUT2D eigenvalue weighted by Crippen LogP contribution is -2.36. The third kappa shape index (κ3) is 3.39. The van der Waals surface area contributed by atoms with E-state index in [1.807, 2.05) is 6.92 Å². The molecule has 0 saturated heterocycles. The van der Waals surface area contributed by atoms with E-state index in [0.717, 1.165) is 12.8 Å². The first-order valence-corrected chi connectivity index (χ1v) is 8.64. The average molecular weight is 300 g/mol. The largest absolute Gasteiger partial charge is 0.310 e. The summed E-state index contributed by atoms with van der Waals surface area (Å²) in [6.45, 7) is 4.53. The van der Waals surface area contributed by atoms with Crippen LogP contribution in [0, 0.1) is 0 Å². The van der Waals surface area contributed by atoms with Gasteiger partial charge in [-0.3, -0.25) is 5.10 Å². The standard InChI is InChI=1S/C13H24N4O2S/c1-4-5-10(2)17(3)20(18,19)13-11(9-15-16-13)8-14-12-6-7-12/h9-10,12,14H,4-8H2,1-3H3,(H,15,16). The SMILES string of the molecule is CCCC(C)N(C)S(=O)(=O)c1[nH]ncc1CNC1CC1. The lowest BCUT2D eigenvalue weighted by atomic mass is 10.2. The van der Waals surface area contributed by atoms with Crippen LogP contribution in [-0.2, 0) is 16.6 Å². The summed E-state index contributed by atoms with van der Waals surface area (Å²) in [5.41, 5.74) is 0.715. The summed E-state index contributed by atoms with van der Waals surface area (Å²) >= 11 is 0. The number of nitrogens with zero attached hydrogens (tertiary/aromatic N) is 2. The number of aromatic amines is 1. The molecule has 114 valence electrons. The summed E-state index contributed by atoms with van der Waals surface area (Å²) in [5, 5.41) is 10.1. The lowest BCUT2D eigenvalue weighted by molar-refractivity contribution is 0.367. The highest BCUT2D eigenvalue weighted by Crippen LogP contribution is 2.22. The highest BCUT2D eigenvalue weighted by atomic mass is 32.2. The van der Waals surface area contributed by atoms with E-state index in [-0.39, 0.29) is 11.1 Å². The molecule has 0 spiro atoms. The predicted molar refractivity (Wildman–Crippen MR) is 77.8 cm³/mol. The van der Waals surface area contributed by atoms with Crippen molar-refractivity contribution in [1.29, 1.82) is 0 Å². The van der Waals surface area contributed by atoms with Gasteiger partial charge in [-0.05, 0) is 26.2 Å². The molecule has 1 saturated carbocycles. The molecule has 1 unspecified atom stereocenters. The van der Waals surface area contributed by atoms with Gasteiger partial charge in [0.15, 0.2) is 5.03 Å². The molecule has 20 heavy (non-hydrogen) atoms. The van der Waals surface area contributed by atoms with Crippen LogP contribution in [0.2, 0.25) is 0 Å². The number of sulfonamides is 1. The molecule has 1 aliphatic rings. The molecule has 2 rings (SSSR count). The fraction of sp³-hybridized carbons (Fsp3) is 0.769. The average Bonchev–Trinajstić information content (AvgIpc) is 3.11. The zero-order valence-electron chi connectivity index (χ0n) is 12.4.